The van der Waals surface area contributed by atoms with E-state index in [1.54, 1.807) is 0 Å². The number of rotatable bonds is 3. The molecule has 3 nitrogen and oxygen atoms in total. The Bertz CT molecular complexity index is 638. The van der Waals surface area contributed by atoms with Gasteiger partial charge in [0.1, 0.15) is 5.82 Å². The van der Waals surface area contributed by atoms with Crippen LogP contribution in [0.25, 0.3) is 11.3 Å². The summed E-state index contributed by atoms with van der Waals surface area (Å²) in [6.07, 6.45) is 2.04. The summed E-state index contributed by atoms with van der Waals surface area (Å²) in [5, 5.41) is 3.38. The van der Waals surface area contributed by atoms with Crippen LogP contribution in [0.5, 0.6) is 0 Å². The fourth-order valence-corrected chi connectivity index (χ4v) is 3.06. The molecule has 1 aliphatic heterocycles. The van der Waals surface area contributed by atoms with Crippen molar-refractivity contribution in [1.82, 2.24) is 14.9 Å². The number of hydrogen-bond donors (Lipinski definition) is 1. The second-order valence-electron chi connectivity index (χ2n) is 6.54. The van der Waals surface area contributed by atoms with Crippen LogP contribution in [0.1, 0.15) is 56.5 Å². The fraction of sp³-hybridized carbons (Fsp3) is 0.500. The molecule has 1 aromatic carbocycles. The van der Waals surface area contributed by atoms with Crippen molar-refractivity contribution >= 4 is 0 Å². The van der Waals surface area contributed by atoms with E-state index in [2.05, 4.69) is 60.8 Å². The highest BCUT2D eigenvalue weighted by Crippen LogP contribution is 2.32. The Labute approximate surface area is 127 Å². The third-order valence-electron chi connectivity index (χ3n) is 4.37. The summed E-state index contributed by atoms with van der Waals surface area (Å²) in [5.74, 6) is 2.24. The molecule has 0 fully saturated rings. The van der Waals surface area contributed by atoms with Crippen molar-refractivity contribution < 1.29 is 0 Å². The molecule has 112 valence electrons. The van der Waals surface area contributed by atoms with Gasteiger partial charge in [-0.1, -0.05) is 45.9 Å². The molecule has 0 radical (unpaired) electrons. The minimum absolute atomic E-state index is 0.520. The van der Waals surface area contributed by atoms with Gasteiger partial charge in [0.15, 0.2) is 0 Å². The predicted octanol–water partition coefficient (Wildman–Crippen LogP) is 3.90. The third-order valence-corrected chi connectivity index (χ3v) is 4.37. The van der Waals surface area contributed by atoms with Crippen LogP contribution in [0.4, 0.5) is 0 Å². The lowest BCUT2D eigenvalue weighted by atomic mass is 9.90. The number of hydrogen-bond acceptors (Lipinski definition) is 2. The minimum Gasteiger partial charge on any atom is -0.326 e. The van der Waals surface area contributed by atoms with Crippen molar-refractivity contribution in [3.8, 4) is 11.3 Å². The van der Waals surface area contributed by atoms with Crippen molar-refractivity contribution in [3.63, 3.8) is 0 Å². The maximum Gasteiger partial charge on any atom is 0.123 e. The summed E-state index contributed by atoms with van der Waals surface area (Å²) < 4.78 is 2.37. The normalized spacial score (nSPS) is 14.8. The molecule has 3 rings (SSSR count). The lowest BCUT2D eigenvalue weighted by molar-refractivity contribution is 0.508. The first-order valence-corrected chi connectivity index (χ1v) is 7.97. The summed E-state index contributed by atoms with van der Waals surface area (Å²) in [7, 11) is 0. The topological polar surface area (TPSA) is 29.9 Å². The van der Waals surface area contributed by atoms with Gasteiger partial charge in [-0.25, -0.2) is 4.98 Å². The molecule has 1 aromatic heterocycles. The molecule has 0 unspecified atom stereocenters. The largest absolute Gasteiger partial charge is 0.326 e. The van der Waals surface area contributed by atoms with Gasteiger partial charge in [0.05, 0.1) is 18.4 Å². The number of fused-ring (bicyclic) bond motifs is 1. The van der Waals surface area contributed by atoms with Crippen LogP contribution >= 0.6 is 0 Å². The van der Waals surface area contributed by atoms with Crippen molar-refractivity contribution in [3.05, 3.63) is 41.3 Å². The summed E-state index contributed by atoms with van der Waals surface area (Å²) in [6.45, 7) is 12.0. The zero-order valence-corrected chi connectivity index (χ0v) is 13.5. The first-order valence-electron chi connectivity index (χ1n) is 7.97. The van der Waals surface area contributed by atoms with Crippen molar-refractivity contribution in [2.24, 2.45) is 0 Å². The highest BCUT2D eigenvalue weighted by molar-refractivity contribution is 5.66. The Kier molecular flexibility index (Phi) is 3.85. The Balaban J connectivity index is 2.11. The number of nitrogens with zero attached hydrogens (tertiary/aromatic N) is 2. The Morgan fingerprint density at radius 3 is 2.67 bits per heavy atom. The molecule has 1 N–H and O–H groups in total. The van der Waals surface area contributed by atoms with Gasteiger partial charge in [-0.2, -0.15) is 0 Å². The number of aromatic nitrogens is 2. The van der Waals surface area contributed by atoms with E-state index in [4.69, 9.17) is 0 Å². The smallest absolute Gasteiger partial charge is 0.123 e. The SMILES string of the molecule is CC(C)c1ccc(-c2cnc3n2CCNC3)c(C(C)C)c1. The van der Waals surface area contributed by atoms with Gasteiger partial charge in [0.2, 0.25) is 0 Å². The molecule has 0 saturated carbocycles. The van der Waals surface area contributed by atoms with Gasteiger partial charge in [-0.15, -0.1) is 0 Å². The lowest BCUT2D eigenvalue weighted by Gasteiger charge is -2.21. The van der Waals surface area contributed by atoms with E-state index in [9.17, 15) is 0 Å². The minimum atomic E-state index is 0.520. The highest BCUT2D eigenvalue weighted by Gasteiger charge is 2.18. The van der Waals surface area contributed by atoms with Crippen LogP contribution in [0.3, 0.4) is 0 Å². The first-order chi connectivity index (χ1) is 10.1. The number of nitrogens with one attached hydrogen (secondary N) is 1. The van der Waals surface area contributed by atoms with E-state index in [1.165, 1.54) is 22.4 Å². The molecular weight excluding hydrogens is 258 g/mol. The molecule has 1 aliphatic rings. The molecule has 0 spiro atoms. The molecule has 0 saturated heterocycles. The van der Waals surface area contributed by atoms with E-state index in [0.717, 1.165) is 25.5 Å². The maximum atomic E-state index is 4.59. The lowest BCUT2D eigenvalue weighted by Crippen LogP contribution is -2.28. The molecule has 0 bridgehead atoms. The molecule has 2 heterocycles. The van der Waals surface area contributed by atoms with Crippen LogP contribution in [0.15, 0.2) is 24.4 Å². The molecule has 2 aromatic rings. The molecule has 3 heteroatoms. The van der Waals surface area contributed by atoms with Gasteiger partial charge in [-0.05, 0) is 23.0 Å². The number of imidazole rings is 1. The monoisotopic (exact) mass is 283 g/mol. The molecule has 21 heavy (non-hydrogen) atoms. The van der Waals surface area contributed by atoms with Crippen LogP contribution < -0.4 is 5.32 Å². The quantitative estimate of drug-likeness (QED) is 0.926. The summed E-state index contributed by atoms with van der Waals surface area (Å²) in [5.41, 5.74) is 5.46. The van der Waals surface area contributed by atoms with E-state index in [0.29, 0.717) is 11.8 Å². The summed E-state index contributed by atoms with van der Waals surface area (Å²) in [4.78, 5) is 4.59. The Hall–Kier alpha value is -1.61. The molecular formula is C18H25N3. The van der Waals surface area contributed by atoms with E-state index in [-0.39, 0.29) is 0 Å². The predicted molar refractivity (Wildman–Crippen MR) is 87.5 cm³/mol. The Morgan fingerprint density at radius 1 is 1.14 bits per heavy atom. The average molecular weight is 283 g/mol. The number of benzene rings is 1. The second-order valence-corrected chi connectivity index (χ2v) is 6.54. The van der Waals surface area contributed by atoms with Crippen molar-refractivity contribution in [2.45, 2.75) is 52.6 Å². The van der Waals surface area contributed by atoms with Gasteiger partial charge < -0.3 is 9.88 Å². The van der Waals surface area contributed by atoms with E-state index in [1.807, 2.05) is 6.20 Å². The van der Waals surface area contributed by atoms with Gasteiger partial charge >= 0.3 is 0 Å². The van der Waals surface area contributed by atoms with Crippen LogP contribution in [-0.4, -0.2) is 16.1 Å². The second kappa shape index (κ2) is 5.64. The zero-order chi connectivity index (χ0) is 15.0. The van der Waals surface area contributed by atoms with E-state index >= 15 is 0 Å². The van der Waals surface area contributed by atoms with Gasteiger partial charge in [-0.3, -0.25) is 0 Å². The summed E-state index contributed by atoms with van der Waals surface area (Å²) in [6, 6.07) is 6.94. The standard InChI is InChI=1S/C18H25N3/c1-12(2)14-5-6-15(16(9-14)13(3)4)17-10-20-18-11-19-7-8-21(17)18/h5-6,9-10,12-13,19H,7-8,11H2,1-4H3. The van der Waals surface area contributed by atoms with Crippen LogP contribution in [0.2, 0.25) is 0 Å². The van der Waals surface area contributed by atoms with Crippen LogP contribution in [-0.2, 0) is 13.1 Å². The third kappa shape index (κ3) is 2.62. The first kappa shape index (κ1) is 14.3. The maximum absolute atomic E-state index is 4.59. The van der Waals surface area contributed by atoms with Crippen molar-refractivity contribution in [2.75, 3.05) is 6.54 Å². The molecule has 0 aliphatic carbocycles. The zero-order valence-electron chi connectivity index (χ0n) is 13.5. The fourth-order valence-electron chi connectivity index (χ4n) is 3.06. The average Bonchev–Trinajstić information content (AvgIpc) is 2.90. The van der Waals surface area contributed by atoms with Crippen molar-refractivity contribution in [1.29, 1.82) is 0 Å². The Morgan fingerprint density at radius 2 is 1.95 bits per heavy atom. The summed E-state index contributed by atoms with van der Waals surface area (Å²) >= 11 is 0. The van der Waals surface area contributed by atoms with Gasteiger partial charge in [0, 0.05) is 18.7 Å². The van der Waals surface area contributed by atoms with Gasteiger partial charge in [0.25, 0.3) is 0 Å². The van der Waals surface area contributed by atoms with E-state index < -0.39 is 0 Å². The molecule has 0 amide bonds. The molecule has 0 atom stereocenters. The van der Waals surface area contributed by atoms with Crippen LogP contribution in [0, 0.1) is 0 Å². The highest BCUT2D eigenvalue weighted by atomic mass is 15.2.